The van der Waals surface area contributed by atoms with Gasteiger partial charge in [0.05, 0.1) is 15.3 Å². The zero-order valence-corrected chi connectivity index (χ0v) is 15.5. The van der Waals surface area contributed by atoms with Gasteiger partial charge < -0.3 is 10.2 Å². The maximum absolute atomic E-state index is 12.9. The number of sulfone groups is 1. The SMILES string of the molecule is Cc1cc(N2CCNCC2)c2ccc(S(=O)(=O)c3ccccc3)cc2n1. The minimum Gasteiger partial charge on any atom is -0.368 e. The molecule has 1 fully saturated rings. The van der Waals surface area contributed by atoms with Crippen molar-refractivity contribution in [2.45, 2.75) is 16.7 Å². The van der Waals surface area contributed by atoms with Crippen molar-refractivity contribution in [3.05, 3.63) is 60.3 Å². The normalized spacial score (nSPS) is 15.3. The van der Waals surface area contributed by atoms with Crippen molar-refractivity contribution in [3.63, 3.8) is 0 Å². The molecule has 1 aromatic heterocycles. The first-order valence-electron chi connectivity index (χ1n) is 8.73. The van der Waals surface area contributed by atoms with E-state index in [1.807, 2.05) is 19.1 Å². The van der Waals surface area contributed by atoms with Crippen LogP contribution in [0.15, 0.2) is 64.4 Å². The first-order valence-corrected chi connectivity index (χ1v) is 10.2. The Bertz CT molecular complexity index is 1040. The molecule has 0 atom stereocenters. The molecule has 0 unspecified atom stereocenters. The lowest BCUT2D eigenvalue weighted by Gasteiger charge is -2.30. The molecule has 3 aromatic rings. The smallest absolute Gasteiger partial charge is 0.206 e. The molecule has 0 bridgehead atoms. The number of benzene rings is 2. The molecule has 1 saturated heterocycles. The van der Waals surface area contributed by atoms with Crippen molar-refractivity contribution in [1.29, 1.82) is 0 Å². The van der Waals surface area contributed by atoms with Crippen LogP contribution in [-0.2, 0) is 9.84 Å². The first-order chi connectivity index (χ1) is 12.6. The quantitative estimate of drug-likeness (QED) is 0.771. The zero-order chi connectivity index (χ0) is 18.1. The molecule has 0 amide bonds. The second kappa shape index (κ2) is 6.70. The van der Waals surface area contributed by atoms with E-state index in [0.717, 1.165) is 48.5 Å². The molecule has 5 nitrogen and oxygen atoms in total. The molecule has 0 radical (unpaired) electrons. The zero-order valence-electron chi connectivity index (χ0n) is 14.6. The van der Waals surface area contributed by atoms with Gasteiger partial charge in [0.25, 0.3) is 0 Å². The molecular formula is C20H21N3O2S. The van der Waals surface area contributed by atoms with Gasteiger partial charge >= 0.3 is 0 Å². The van der Waals surface area contributed by atoms with Crippen LogP contribution in [-0.4, -0.2) is 39.6 Å². The van der Waals surface area contributed by atoms with Crippen molar-refractivity contribution in [2.24, 2.45) is 0 Å². The Labute approximate surface area is 153 Å². The minimum absolute atomic E-state index is 0.278. The molecule has 26 heavy (non-hydrogen) atoms. The van der Waals surface area contributed by atoms with E-state index in [1.165, 1.54) is 0 Å². The lowest BCUT2D eigenvalue weighted by molar-refractivity contribution is 0.590. The fraction of sp³-hybridized carbons (Fsp3) is 0.250. The molecule has 2 heterocycles. The van der Waals surface area contributed by atoms with Gasteiger partial charge in [-0.1, -0.05) is 18.2 Å². The van der Waals surface area contributed by atoms with Gasteiger partial charge in [-0.2, -0.15) is 0 Å². The fourth-order valence-electron chi connectivity index (χ4n) is 3.39. The van der Waals surface area contributed by atoms with Gasteiger partial charge in [-0.05, 0) is 43.3 Å². The lowest BCUT2D eigenvalue weighted by atomic mass is 10.1. The second-order valence-corrected chi connectivity index (χ2v) is 8.46. The molecule has 1 aliphatic heterocycles. The third-order valence-corrected chi connectivity index (χ3v) is 6.48. The predicted molar refractivity (Wildman–Crippen MR) is 103 cm³/mol. The van der Waals surface area contributed by atoms with Crippen LogP contribution < -0.4 is 10.2 Å². The van der Waals surface area contributed by atoms with E-state index in [-0.39, 0.29) is 4.90 Å². The van der Waals surface area contributed by atoms with Gasteiger partial charge in [0.1, 0.15) is 0 Å². The van der Waals surface area contributed by atoms with Crippen LogP contribution in [0.5, 0.6) is 0 Å². The van der Waals surface area contributed by atoms with E-state index in [1.54, 1.807) is 36.4 Å². The van der Waals surface area contributed by atoms with E-state index < -0.39 is 9.84 Å². The first kappa shape index (κ1) is 17.0. The Hall–Kier alpha value is -2.44. The monoisotopic (exact) mass is 367 g/mol. The van der Waals surface area contributed by atoms with Crippen molar-refractivity contribution >= 4 is 26.4 Å². The number of hydrogen-bond donors (Lipinski definition) is 1. The van der Waals surface area contributed by atoms with Gasteiger partial charge in [-0.3, -0.25) is 4.98 Å². The maximum atomic E-state index is 12.9. The Morgan fingerprint density at radius 1 is 0.962 bits per heavy atom. The van der Waals surface area contributed by atoms with Gasteiger partial charge in [0.2, 0.25) is 9.84 Å². The Morgan fingerprint density at radius 2 is 1.69 bits per heavy atom. The molecular weight excluding hydrogens is 346 g/mol. The number of hydrogen-bond acceptors (Lipinski definition) is 5. The number of aryl methyl sites for hydroxylation is 1. The molecule has 0 saturated carbocycles. The average molecular weight is 367 g/mol. The summed E-state index contributed by atoms with van der Waals surface area (Å²) in [5.41, 5.74) is 2.73. The van der Waals surface area contributed by atoms with Crippen molar-refractivity contribution in [2.75, 3.05) is 31.1 Å². The average Bonchev–Trinajstić information content (AvgIpc) is 2.68. The van der Waals surface area contributed by atoms with Crippen LogP contribution in [0.4, 0.5) is 5.69 Å². The van der Waals surface area contributed by atoms with Crippen molar-refractivity contribution < 1.29 is 8.42 Å². The summed E-state index contributed by atoms with van der Waals surface area (Å²) in [6.45, 7) is 5.71. The van der Waals surface area contributed by atoms with Crippen LogP contribution >= 0.6 is 0 Å². The molecule has 134 valence electrons. The maximum Gasteiger partial charge on any atom is 0.206 e. The topological polar surface area (TPSA) is 62.3 Å². The largest absolute Gasteiger partial charge is 0.368 e. The highest BCUT2D eigenvalue weighted by atomic mass is 32.2. The molecule has 0 spiro atoms. The summed E-state index contributed by atoms with van der Waals surface area (Å²) in [5.74, 6) is 0. The van der Waals surface area contributed by atoms with Crippen LogP contribution in [0.25, 0.3) is 10.9 Å². The van der Waals surface area contributed by atoms with Crippen LogP contribution in [0.3, 0.4) is 0 Å². The summed E-state index contributed by atoms with van der Waals surface area (Å²) < 4.78 is 25.8. The van der Waals surface area contributed by atoms with E-state index >= 15 is 0 Å². The number of piperazine rings is 1. The highest BCUT2D eigenvalue weighted by molar-refractivity contribution is 7.91. The molecule has 0 aliphatic carbocycles. The van der Waals surface area contributed by atoms with E-state index in [4.69, 9.17) is 0 Å². The molecule has 2 aromatic carbocycles. The Kier molecular flexibility index (Phi) is 4.38. The molecule has 1 N–H and O–H groups in total. The second-order valence-electron chi connectivity index (χ2n) is 6.52. The summed E-state index contributed by atoms with van der Waals surface area (Å²) in [5, 5.41) is 4.35. The highest BCUT2D eigenvalue weighted by Gasteiger charge is 2.20. The summed E-state index contributed by atoms with van der Waals surface area (Å²) in [4.78, 5) is 7.50. The van der Waals surface area contributed by atoms with Crippen LogP contribution in [0, 0.1) is 6.92 Å². The number of anilines is 1. The Balaban J connectivity index is 1.83. The third-order valence-electron chi connectivity index (χ3n) is 4.71. The van der Waals surface area contributed by atoms with Gasteiger partial charge in [-0.15, -0.1) is 0 Å². The van der Waals surface area contributed by atoms with E-state index in [2.05, 4.69) is 21.3 Å². The standard InChI is InChI=1S/C20H21N3O2S/c1-15-13-20(23-11-9-21-10-12-23)18-8-7-17(14-19(18)22-15)26(24,25)16-5-3-2-4-6-16/h2-8,13-14,21H,9-12H2,1H3. The molecule has 1 aliphatic rings. The number of nitrogens with one attached hydrogen (secondary N) is 1. The summed E-state index contributed by atoms with van der Waals surface area (Å²) in [6.07, 6.45) is 0. The number of nitrogens with zero attached hydrogens (tertiary/aromatic N) is 2. The number of rotatable bonds is 3. The van der Waals surface area contributed by atoms with Gasteiger partial charge in [0.15, 0.2) is 0 Å². The van der Waals surface area contributed by atoms with Gasteiger partial charge in [0, 0.05) is 42.9 Å². The molecule has 6 heteroatoms. The van der Waals surface area contributed by atoms with E-state index in [0.29, 0.717) is 4.90 Å². The number of fused-ring (bicyclic) bond motifs is 1. The van der Waals surface area contributed by atoms with E-state index in [9.17, 15) is 8.42 Å². The predicted octanol–water partition coefficient (Wildman–Crippen LogP) is 2.79. The third kappa shape index (κ3) is 3.06. The molecule has 4 rings (SSSR count). The van der Waals surface area contributed by atoms with Crippen LogP contribution in [0.2, 0.25) is 0 Å². The highest BCUT2D eigenvalue weighted by Crippen LogP contribution is 2.30. The summed E-state index contributed by atoms with van der Waals surface area (Å²) in [6, 6.07) is 15.9. The summed E-state index contributed by atoms with van der Waals surface area (Å²) in [7, 11) is -3.54. The Morgan fingerprint density at radius 3 is 2.42 bits per heavy atom. The number of aromatic nitrogens is 1. The van der Waals surface area contributed by atoms with Crippen LogP contribution in [0.1, 0.15) is 5.69 Å². The van der Waals surface area contributed by atoms with Crippen molar-refractivity contribution in [1.82, 2.24) is 10.3 Å². The lowest BCUT2D eigenvalue weighted by Crippen LogP contribution is -2.43. The van der Waals surface area contributed by atoms with Crippen molar-refractivity contribution in [3.8, 4) is 0 Å². The minimum atomic E-state index is -3.54. The van der Waals surface area contributed by atoms with Gasteiger partial charge in [-0.25, -0.2) is 8.42 Å². The number of pyridine rings is 1. The fourth-order valence-corrected chi connectivity index (χ4v) is 4.69. The summed E-state index contributed by atoms with van der Waals surface area (Å²) >= 11 is 0.